The van der Waals surface area contributed by atoms with Gasteiger partial charge in [-0.05, 0) is 37.0 Å². The van der Waals surface area contributed by atoms with E-state index in [2.05, 4.69) is 15.6 Å². The first-order chi connectivity index (χ1) is 17.8. The third-order valence-corrected chi connectivity index (χ3v) is 8.49. The summed E-state index contributed by atoms with van der Waals surface area (Å²) in [6, 6.07) is 14.7. The van der Waals surface area contributed by atoms with Crippen LogP contribution in [0.4, 0.5) is 0 Å². The standard InChI is InChI=1S/C28H37N3O5S/c1-2-11-23(26(32)28-31-22-16-9-10-17-25(22)36-28)30-27(33)24(29-21-14-7-4-8-15-21)19-37(34,35)18-20-12-5-3-6-13-20/h3,5-6,9-10,12-13,16-17,21,23-24,26,29,32H,2,4,7-8,11,14-15,18-19H2,1H3,(H,30,33)/t23-,24?,26?/m0/s1. The molecule has 2 unspecified atom stereocenters. The number of aromatic nitrogens is 1. The first-order valence-electron chi connectivity index (χ1n) is 13.2. The van der Waals surface area contributed by atoms with E-state index in [1.807, 2.05) is 25.1 Å². The Hall–Kier alpha value is -2.75. The minimum absolute atomic E-state index is 0.0861. The molecule has 1 amide bonds. The van der Waals surface area contributed by atoms with Crippen molar-refractivity contribution >= 4 is 26.8 Å². The highest BCUT2D eigenvalue weighted by Crippen LogP contribution is 2.24. The summed E-state index contributed by atoms with van der Waals surface area (Å²) in [6.07, 6.45) is 5.10. The molecular formula is C28H37N3O5S. The van der Waals surface area contributed by atoms with E-state index in [-0.39, 0.29) is 23.4 Å². The van der Waals surface area contributed by atoms with Gasteiger partial charge in [0.25, 0.3) is 0 Å². The molecule has 1 fully saturated rings. The average molecular weight is 528 g/mol. The Labute approximate surface area is 218 Å². The molecule has 37 heavy (non-hydrogen) atoms. The average Bonchev–Trinajstić information content (AvgIpc) is 3.33. The maximum Gasteiger partial charge on any atom is 0.238 e. The van der Waals surface area contributed by atoms with Crippen molar-refractivity contribution in [3.8, 4) is 0 Å². The number of nitrogens with zero attached hydrogens (tertiary/aromatic N) is 1. The number of fused-ring (bicyclic) bond motifs is 1. The van der Waals surface area contributed by atoms with Crippen LogP contribution in [0.3, 0.4) is 0 Å². The minimum atomic E-state index is -3.58. The molecular weight excluding hydrogens is 490 g/mol. The summed E-state index contributed by atoms with van der Waals surface area (Å²) in [6.45, 7) is 1.96. The molecule has 0 aliphatic heterocycles. The maximum absolute atomic E-state index is 13.5. The molecule has 9 heteroatoms. The summed E-state index contributed by atoms with van der Waals surface area (Å²) in [7, 11) is -3.58. The van der Waals surface area contributed by atoms with Crippen LogP contribution < -0.4 is 10.6 Å². The second kappa shape index (κ2) is 12.7. The lowest BCUT2D eigenvalue weighted by molar-refractivity contribution is -0.124. The molecule has 0 spiro atoms. The highest BCUT2D eigenvalue weighted by molar-refractivity contribution is 7.90. The van der Waals surface area contributed by atoms with Gasteiger partial charge in [-0.2, -0.15) is 0 Å². The van der Waals surface area contributed by atoms with Gasteiger partial charge in [0.1, 0.15) is 11.6 Å². The first-order valence-corrected chi connectivity index (χ1v) is 15.0. The van der Waals surface area contributed by atoms with Crippen molar-refractivity contribution in [1.29, 1.82) is 0 Å². The van der Waals surface area contributed by atoms with Crippen LogP contribution in [0.25, 0.3) is 11.1 Å². The van der Waals surface area contributed by atoms with E-state index in [0.717, 1.165) is 32.1 Å². The Bertz CT molecular complexity index is 1220. The van der Waals surface area contributed by atoms with Crippen LogP contribution in [-0.2, 0) is 20.4 Å². The largest absolute Gasteiger partial charge is 0.438 e. The number of oxazole rings is 1. The lowest BCUT2D eigenvalue weighted by atomic mass is 9.95. The van der Waals surface area contributed by atoms with Crippen LogP contribution in [0.5, 0.6) is 0 Å². The number of hydrogen-bond acceptors (Lipinski definition) is 7. The third kappa shape index (κ3) is 7.63. The fourth-order valence-electron chi connectivity index (χ4n) is 4.99. The van der Waals surface area contributed by atoms with Gasteiger partial charge in [0.15, 0.2) is 21.5 Å². The predicted molar refractivity (Wildman–Crippen MR) is 144 cm³/mol. The van der Waals surface area contributed by atoms with Gasteiger partial charge in [0.2, 0.25) is 11.8 Å². The zero-order valence-electron chi connectivity index (χ0n) is 21.3. The number of nitrogens with one attached hydrogen (secondary N) is 2. The summed E-state index contributed by atoms with van der Waals surface area (Å²) >= 11 is 0. The number of rotatable bonds is 12. The summed E-state index contributed by atoms with van der Waals surface area (Å²) in [5.41, 5.74) is 1.87. The number of carbonyl (C=O) groups is 1. The van der Waals surface area contributed by atoms with Crippen LogP contribution in [0.15, 0.2) is 59.0 Å². The fourth-order valence-corrected chi connectivity index (χ4v) is 6.56. The number of carbonyl (C=O) groups excluding carboxylic acids is 1. The van der Waals surface area contributed by atoms with Crippen molar-refractivity contribution in [2.24, 2.45) is 0 Å². The van der Waals surface area contributed by atoms with Crippen molar-refractivity contribution in [2.75, 3.05) is 5.75 Å². The number of aliphatic hydroxyl groups is 1. The molecule has 1 aromatic heterocycles. The van der Waals surface area contributed by atoms with Gasteiger partial charge in [-0.1, -0.05) is 75.1 Å². The van der Waals surface area contributed by atoms with Gasteiger partial charge in [-0.25, -0.2) is 13.4 Å². The number of sulfone groups is 1. The van der Waals surface area contributed by atoms with Gasteiger partial charge < -0.3 is 20.2 Å². The number of aliphatic hydroxyl groups excluding tert-OH is 1. The summed E-state index contributed by atoms with van der Waals surface area (Å²) in [4.78, 5) is 17.9. The molecule has 3 aromatic rings. The molecule has 1 aliphatic carbocycles. The van der Waals surface area contributed by atoms with Gasteiger partial charge in [-0.3, -0.25) is 4.79 Å². The first kappa shape index (κ1) is 27.3. The van der Waals surface area contributed by atoms with Crippen molar-refractivity contribution in [2.45, 2.75) is 81.9 Å². The van der Waals surface area contributed by atoms with Gasteiger partial charge in [0.05, 0.1) is 17.5 Å². The minimum Gasteiger partial charge on any atom is -0.438 e. The summed E-state index contributed by atoms with van der Waals surface area (Å²) in [5, 5.41) is 17.3. The zero-order chi connectivity index (χ0) is 26.3. The lowest BCUT2D eigenvalue weighted by Gasteiger charge is -2.30. The molecule has 2 aromatic carbocycles. The van der Waals surface area contributed by atoms with E-state index in [4.69, 9.17) is 4.42 Å². The molecule has 1 aliphatic rings. The number of benzene rings is 2. The normalized spacial score (nSPS) is 17.4. The Balaban J connectivity index is 1.51. The Morgan fingerprint density at radius 2 is 1.78 bits per heavy atom. The van der Waals surface area contributed by atoms with E-state index >= 15 is 0 Å². The van der Waals surface area contributed by atoms with Crippen LogP contribution in [0, 0.1) is 0 Å². The van der Waals surface area contributed by atoms with E-state index in [0.29, 0.717) is 29.5 Å². The topological polar surface area (TPSA) is 122 Å². The van der Waals surface area contributed by atoms with Crippen LogP contribution >= 0.6 is 0 Å². The van der Waals surface area contributed by atoms with Crippen molar-refractivity contribution in [3.63, 3.8) is 0 Å². The zero-order valence-corrected chi connectivity index (χ0v) is 22.1. The Kier molecular flexibility index (Phi) is 9.34. The SMILES string of the molecule is CCC[C@H](NC(=O)C(CS(=O)(=O)Cc1ccccc1)NC1CCCCC1)C(O)c1nc2ccccc2o1. The van der Waals surface area contributed by atoms with E-state index in [9.17, 15) is 18.3 Å². The molecule has 0 bridgehead atoms. The molecule has 3 atom stereocenters. The fraction of sp³-hybridized carbons (Fsp3) is 0.500. The molecule has 1 heterocycles. The van der Waals surface area contributed by atoms with E-state index in [1.165, 1.54) is 0 Å². The van der Waals surface area contributed by atoms with Gasteiger partial charge in [-0.15, -0.1) is 0 Å². The molecule has 0 saturated heterocycles. The van der Waals surface area contributed by atoms with Crippen molar-refractivity contribution < 1.29 is 22.7 Å². The third-order valence-electron chi connectivity index (χ3n) is 6.88. The van der Waals surface area contributed by atoms with E-state index in [1.54, 1.807) is 36.4 Å². The molecule has 8 nitrogen and oxygen atoms in total. The Morgan fingerprint density at radius 3 is 2.49 bits per heavy atom. The highest BCUT2D eigenvalue weighted by atomic mass is 32.2. The monoisotopic (exact) mass is 527 g/mol. The van der Waals surface area contributed by atoms with Gasteiger partial charge in [0, 0.05) is 6.04 Å². The second-order valence-corrected chi connectivity index (χ2v) is 12.1. The van der Waals surface area contributed by atoms with Crippen LogP contribution in [0.2, 0.25) is 0 Å². The molecule has 0 radical (unpaired) electrons. The van der Waals surface area contributed by atoms with E-state index < -0.39 is 33.9 Å². The second-order valence-electron chi connectivity index (χ2n) is 9.96. The van der Waals surface area contributed by atoms with Crippen LogP contribution in [0.1, 0.15) is 69.4 Å². The number of para-hydroxylation sites is 2. The van der Waals surface area contributed by atoms with Gasteiger partial charge >= 0.3 is 0 Å². The summed E-state index contributed by atoms with van der Waals surface area (Å²) < 4.78 is 32.0. The quantitative estimate of drug-likeness (QED) is 0.325. The molecule has 1 saturated carbocycles. The summed E-state index contributed by atoms with van der Waals surface area (Å²) in [5.74, 6) is -0.750. The molecule has 200 valence electrons. The van der Waals surface area contributed by atoms with Crippen LogP contribution in [-0.4, -0.2) is 48.3 Å². The predicted octanol–water partition coefficient (Wildman–Crippen LogP) is 4.05. The molecule has 3 N–H and O–H groups in total. The smallest absolute Gasteiger partial charge is 0.238 e. The number of amides is 1. The number of hydrogen-bond donors (Lipinski definition) is 3. The Morgan fingerprint density at radius 1 is 1.08 bits per heavy atom. The van der Waals surface area contributed by atoms with Crippen molar-refractivity contribution in [1.82, 2.24) is 15.6 Å². The lowest BCUT2D eigenvalue weighted by Crippen LogP contribution is -2.55. The highest BCUT2D eigenvalue weighted by Gasteiger charge is 2.33. The maximum atomic E-state index is 13.5. The van der Waals surface area contributed by atoms with Crippen molar-refractivity contribution in [3.05, 3.63) is 66.1 Å². The molecule has 4 rings (SSSR count).